The topological polar surface area (TPSA) is 24.9 Å². The van der Waals surface area contributed by atoms with E-state index < -0.39 is 0 Å². The number of aromatic nitrogens is 1. The average molecular weight is 258 g/mol. The van der Waals surface area contributed by atoms with Gasteiger partial charge in [-0.15, -0.1) is 11.3 Å². The van der Waals surface area contributed by atoms with E-state index in [1.54, 1.807) is 11.3 Å². The van der Waals surface area contributed by atoms with Crippen molar-refractivity contribution >= 4 is 11.3 Å². The molecule has 1 N–H and O–H groups in total. The number of nitrogens with zero attached hydrogens (tertiary/aromatic N) is 1. The Morgan fingerprint density at radius 1 is 1.33 bits per heavy atom. The molecule has 1 fully saturated rings. The maximum absolute atomic E-state index is 4.80. The molecule has 0 radical (unpaired) electrons. The van der Waals surface area contributed by atoms with Crippen molar-refractivity contribution in [3.05, 3.63) is 40.2 Å². The summed E-state index contributed by atoms with van der Waals surface area (Å²) >= 11 is 1.80. The molecule has 0 aliphatic carbocycles. The third-order valence-corrected chi connectivity index (χ3v) is 4.60. The molecular formula is C15H18N2S. The third-order valence-electron chi connectivity index (χ3n) is 3.59. The third kappa shape index (κ3) is 2.33. The van der Waals surface area contributed by atoms with Crippen LogP contribution >= 0.6 is 11.3 Å². The largest absolute Gasteiger partial charge is 0.316 e. The van der Waals surface area contributed by atoms with Crippen molar-refractivity contribution in [2.75, 3.05) is 13.1 Å². The summed E-state index contributed by atoms with van der Waals surface area (Å²) in [6, 6.07) is 8.77. The lowest BCUT2D eigenvalue weighted by Gasteiger charge is -2.02. The van der Waals surface area contributed by atoms with Crippen molar-refractivity contribution < 1.29 is 0 Å². The van der Waals surface area contributed by atoms with Gasteiger partial charge in [0.15, 0.2) is 0 Å². The minimum Gasteiger partial charge on any atom is -0.316 e. The van der Waals surface area contributed by atoms with E-state index in [1.165, 1.54) is 22.6 Å². The number of benzene rings is 1. The summed E-state index contributed by atoms with van der Waals surface area (Å²) in [5.74, 6) is 0.624. The maximum atomic E-state index is 4.80. The van der Waals surface area contributed by atoms with Gasteiger partial charge in [-0.25, -0.2) is 4.98 Å². The van der Waals surface area contributed by atoms with Gasteiger partial charge in [0.2, 0.25) is 0 Å². The molecule has 94 valence electrons. The van der Waals surface area contributed by atoms with Crippen LogP contribution in [0.15, 0.2) is 29.6 Å². The molecule has 2 aromatic rings. The number of aryl methyl sites for hydroxylation is 1. The van der Waals surface area contributed by atoms with Gasteiger partial charge in [-0.1, -0.05) is 31.2 Å². The summed E-state index contributed by atoms with van der Waals surface area (Å²) in [6.45, 7) is 4.40. The summed E-state index contributed by atoms with van der Waals surface area (Å²) in [5.41, 5.74) is 3.75. The fourth-order valence-electron chi connectivity index (χ4n) is 2.38. The fraction of sp³-hybridized carbons (Fsp3) is 0.400. The summed E-state index contributed by atoms with van der Waals surface area (Å²) < 4.78 is 0. The number of hydrogen-bond donors (Lipinski definition) is 1. The van der Waals surface area contributed by atoms with Crippen LogP contribution in [0.1, 0.15) is 29.8 Å². The highest BCUT2D eigenvalue weighted by Gasteiger charge is 2.19. The first-order valence-electron chi connectivity index (χ1n) is 6.62. The van der Waals surface area contributed by atoms with Crippen molar-refractivity contribution in [2.45, 2.75) is 25.7 Å². The van der Waals surface area contributed by atoms with Gasteiger partial charge in [0.05, 0.1) is 10.7 Å². The summed E-state index contributed by atoms with van der Waals surface area (Å²) in [5, 5.41) is 6.88. The predicted molar refractivity (Wildman–Crippen MR) is 77.2 cm³/mol. The molecule has 1 aliphatic heterocycles. The van der Waals surface area contributed by atoms with Crippen molar-refractivity contribution in [1.29, 1.82) is 0 Å². The first-order valence-corrected chi connectivity index (χ1v) is 7.50. The van der Waals surface area contributed by atoms with Crippen LogP contribution in [0.2, 0.25) is 0 Å². The number of rotatable bonds is 3. The standard InChI is InChI=1S/C15H18N2S/c1-2-11-3-5-12(6-4-11)14-10-18-15(17-14)13-7-8-16-9-13/h3-6,10,13,16H,2,7-9H2,1H3. The van der Waals surface area contributed by atoms with Gasteiger partial charge in [-0.05, 0) is 24.9 Å². The van der Waals surface area contributed by atoms with E-state index in [-0.39, 0.29) is 0 Å². The van der Waals surface area contributed by atoms with Crippen molar-refractivity contribution in [1.82, 2.24) is 10.3 Å². The van der Waals surface area contributed by atoms with Gasteiger partial charge in [-0.2, -0.15) is 0 Å². The van der Waals surface area contributed by atoms with Crippen LogP contribution in [0.3, 0.4) is 0 Å². The zero-order valence-corrected chi connectivity index (χ0v) is 11.5. The molecule has 0 bridgehead atoms. The van der Waals surface area contributed by atoms with Crippen molar-refractivity contribution in [3.8, 4) is 11.3 Å². The summed E-state index contributed by atoms with van der Waals surface area (Å²) in [7, 11) is 0. The van der Waals surface area contributed by atoms with Gasteiger partial charge in [0, 0.05) is 23.4 Å². The SMILES string of the molecule is CCc1ccc(-c2csc(C3CCNC3)n2)cc1. The highest BCUT2D eigenvalue weighted by atomic mass is 32.1. The molecule has 0 amide bonds. The van der Waals surface area contributed by atoms with Gasteiger partial charge in [-0.3, -0.25) is 0 Å². The maximum Gasteiger partial charge on any atom is 0.0976 e. The Balaban J connectivity index is 1.82. The smallest absolute Gasteiger partial charge is 0.0976 e. The zero-order chi connectivity index (χ0) is 12.4. The summed E-state index contributed by atoms with van der Waals surface area (Å²) in [4.78, 5) is 4.80. The van der Waals surface area contributed by atoms with Crippen LogP contribution in [-0.4, -0.2) is 18.1 Å². The second-order valence-electron chi connectivity index (χ2n) is 4.81. The number of hydrogen-bond acceptors (Lipinski definition) is 3. The Kier molecular flexibility index (Phi) is 3.43. The molecule has 1 aromatic carbocycles. The lowest BCUT2D eigenvalue weighted by molar-refractivity contribution is 0.756. The Bertz CT molecular complexity index is 510. The van der Waals surface area contributed by atoms with Gasteiger partial charge >= 0.3 is 0 Å². The lowest BCUT2D eigenvalue weighted by Crippen LogP contribution is -2.07. The number of nitrogens with one attached hydrogen (secondary N) is 1. The molecular weight excluding hydrogens is 240 g/mol. The van der Waals surface area contributed by atoms with Crippen LogP contribution in [-0.2, 0) is 6.42 Å². The van der Waals surface area contributed by atoms with Crippen LogP contribution in [0.4, 0.5) is 0 Å². The molecule has 18 heavy (non-hydrogen) atoms. The van der Waals surface area contributed by atoms with E-state index >= 15 is 0 Å². The van der Waals surface area contributed by atoms with Gasteiger partial charge < -0.3 is 5.32 Å². The highest BCUT2D eigenvalue weighted by Crippen LogP contribution is 2.29. The first kappa shape index (κ1) is 11.9. The molecule has 0 spiro atoms. The molecule has 2 nitrogen and oxygen atoms in total. The van der Waals surface area contributed by atoms with E-state index in [4.69, 9.17) is 4.98 Å². The minimum absolute atomic E-state index is 0.624. The predicted octanol–water partition coefficient (Wildman–Crippen LogP) is 3.45. The molecule has 1 saturated heterocycles. The van der Waals surface area contributed by atoms with Crippen LogP contribution in [0.5, 0.6) is 0 Å². The second kappa shape index (κ2) is 5.21. The lowest BCUT2D eigenvalue weighted by atomic mass is 10.1. The molecule has 2 heterocycles. The Labute approximate surface area is 112 Å². The fourth-order valence-corrected chi connectivity index (χ4v) is 3.35. The average Bonchev–Trinajstić information content (AvgIpc) is 3.09. The van der Waals surface area contributed by atoms with E-state index in [0.717, 1.165) is 25.2 Å². The van der Waals surface area contributed by atoms with Gasteiger partial charge in [0.1, 0.15) is 0 Å². The second-order valence-corrected chi connectivity index (χ2v) is 5.70. The normalized spacial score (nSPS) is 19.3. The molecule has 1 aliphatic rings. The Hall–Kier alpha value is -1.19. The highest BCUT2D eigenvalue weighted by molar-refractivity contribution is 7.10. The van der Waals surface area contributed by atoms with Crippen LogP contribution < -0.4 is 5.32 Å². The minimum atomic E-state index is 0.624. The van der Waals surface area contributed by atoms with E-state index in [9.17, 15) is 0 Å². The molecule has 3 heteroatoms. The summed E-state index contributed by atoms with van der Waals surface area (Å²) in [6.07, 6.45) is 2.32. The molecule has 1 atom stereocenters. The quantitative estimate of drug-likeness (QED) is 0.912. The monoisotopic (exact) mass is 258 g/mol. The molecule has 1 unspecified atom stereocenters. The van der Waals surface area contributed by atoms with E-state index in [0.29, 0.717) is 5.92 Å². The van der Waals surface area contributed by atoms with Crippen LogP contribution in [0, 0.1) is 0 Å². The Morgan fingerprint density at radius 2 is 2.17 bits per heavy atom. The van der Waals surface area contributed by atoms with E-state index in [1.807, 2.05) is 0 Å². The van der Waals surface area contributed by atoms with Crippen LogP contribution in [0.25, 0.3) is 11.3 Å². The van der Waals surface area contributed by atoms with Crippen molar-refractivity contribution in [3.63, 3.8) is 0 Å². The number of thiazole rings is 1. The molecule has 0 saturated carbocycles. The zero-order valence-electron chi connectivity index (χ0n) is 10.6. The van der Waals surface area contributed by atoms with E-state index in [2.05, 4.69) is 41.9 Å². The first-order chi connectivity index (χ1) is 8.86. The van der Waals surface area contributed by atoms with Gasteiger partial charge in [0.25, 0.3) is 0 Å². The molecule has 3 rings (SSSR count). The Morgan fingerprint density at radius 3 is 2.83 bits per heavy atom. The van der Waals surface area contributed by atoms with Crippen molar-refractivity contribution in [2.24, 2.45) is 0 Å². The molecule has 1 aromatic heterocycles.